The molecular weight excluding hydrogens is 276 g/mol. The van der Waals surface area contributed by atoms with Gasteiger partial charge in [0.25, 0.3) is 0 Å². The van der Waals surface area contributed by atoms with Gasteiger partial charge >= 0.3 is 0 Å². The van der Waals surface area contributed by atoms with Crippen LogP contribution in [0.25, 0.3) is 0 Å². The first kappa shape index (κ1) is 17.0. The molecule has 0 atom stereocenters. The number of nitrogens with one attached hydrogen (secondary N) is 1. The highest BCUT2D eigenvalue weighted by Crippen LogP contribution is 2.13. The molecule has 0 radical (unpaired) electrons. The third-order valence-electron chi connectivity index (χ3n) is 2.87. The van der Waals surface area contributed by atoms with E-state index in [1.807, 2.05) is 11.8 Å². The molecular formula is C13H24N4O2S. The van der Waals surface area contributed by atoms with Crippen molar-refractivity contribution >= 4 is 17.7 Å². The molecule has 0 aliphatic heterocycles. The minimum Gasteiger partial charge on any atom is -0.396 e. The minimum absolute atomic E-state index is 0.115. The van der Waals surface area contributed by atoms with Gasteiger partial charge in [0.1, 0.15) is 5.82 Å². The van der Waals surface area contributed by atoms with E-state index in [2.05, 4.69) is 22.1 Å². The second-order valence-corrected chi connectivity index (χ2v) is 5.60. The number of nitrogens with zero attached hydrogens (tertiary/aromatic N) is 3. The Bertz CT molecular complexity index is 397. The molecule has 1 rings (SSSR count). The molecule has 1 aromatic rings. The number of carbonyl (C=O) groups excluding carboxylic acids is 1. The van der Waals surface area contributed by atoms with Gasteiger partial charge < -0.3 is 10.0 Å². The summed E-state index contributed by atoms with van der Waals surface area (Å²) in [7, 11) is 0. The first-order chi connectivity index (χ1) is 9.67. The number of thioether (sulfide) groups is 1. The van der Waals surface area contributed by atoms with Crippen molar-refractivity contribution in [1.82, 2.24) is 20.1 Å². The van der Waals surface area contributed by atoms with Gasteiger partial charge in [0, 0.05) is 19.7 Å². The molecule has 0 bridgehead atoms. The van der Waals surface area contributed by atoms with Gasteiger partial charge in [-0.25, -0.2) is 4.98 Å². The van der Waals surface area contributed by atoms with Crippen molar-refractivity contribution in [2.45, 2.75) is 44.7 Å². The van der Waals surface area contributed by atoms with Crippen molar-refractivity contribution in [2.24, 2.45) is 0 Å². The lowest BCUT2D eigenvalue weighted by molar-refractivity contribution is -0.128. The molecule has 1 heterocycles. The summed E-state index contributed by atoms with van der Waals surface area (Å²) in [5.74, 6) is 1.23. The molecule has 0 aliphatic carbocycles. The Morgan fingerprint density at radius 1 is 1.35 bits per heavy atom. The average molecular weight is 300 g/mol. The fourth-order valence-corrected chi connectivity index (χ4v) is 2.48. The monoisotopic (exact) mass is 300 g/mol. The summed E-state index contributed by atoms with van der Waals surface area (Å²) in [6, 6.07) is 0. The number of amides is 1. The highest BCUT2D eigenvalue weighted by atomic mass is 32.2. The predicted molar refractivity (Wildman–Crippen MR) is 79.7 cm³/mol. The number of hydrogen-bond donors (Lipinski definition) is 2. The quantitative estimate of drug-likeness (QED) is 0.507. The first-order valence-corrected chi connectivity index (χ1v) is 8.06. The molecule has 0 aromatic carbocycles. The summed E-state index contributed by atoms with van der Waals surface area (Å²) in [4.78, 5) is 18.3. The van der Waals surface area contributed by atoms with Gasteiger partial charge in [0.2, 0.25) is 11.1 Å². The van der Waals surface area contributed by atoms with E-state index in [0.717, 1.165) is 38.1 Å². The van der Waals surface area contributed by atoms with Crippen molar-refractivity contribution in [3.8, 4) is 0 Å². The van der Waals surface area contributed by atoms with Crippen molar-refractivity contribution < 1.29 is 9.90 Å². The van der Waals surface area contributed by atoms with Gasteiger partial charge in [-0.3, -0.25) is 9.89 Å². The number of aromatic amines is 1. The predicted octanol–water partition coefficient (Wildman–Crippen LogP) is 1.61. The van der Waals surface area contributed by atoms with Crippen molar-refractivity contribution in [3.05, 3.63) is 5.82 Å². The Labute approximate surface area is 124 Å². The number of hydrogen-bond acceptors (Lipinski definition) is 5. The smallest absolute Gasteiger partial charge is 0.233 e. The number of aryl methyl sites for hydroxylation is 1. The summed E-state index contributed by atoms with van der Waals surface area (Å²) in [5, 5.41) is 16.2. The normalized spacial score (nSPS) is 10.8. The lowest BCUT2D eigenvalue weighted by atomic mass is 10.2. The van der Waals surface area contributed by atoms with Crippen LogP contribution in [0.15, 0.2) is 5.16 Å². The number of carbonyl (C=O) groups is 1. The van der Waals surface area contributed by atoms with Crippen molar-refractivity contribution in [1.29, 1.82) is 0 Å². The van der Waals surface area contributed by atoms with E-state index in [1.54, 1.807) is 0 Å². The Hall–Kier alpha value is -1.08. The van der Waals surface area contributed by atoms with Crippen LogP contribution >= 0.6 is 11.8 Å². The van der Waals surface area contributed by atoms with Gasteiger partial charge in [-0.05, 0) is 26.2 Å². The molecule has 0 saturated carbocycles. The van der Waals surface area contributed by atoms with Crippen molar-refractivity contribution in [3.63, 3.8) is 0 Å². The maximum absolute atomic E-state index is 12.2. The fraction of sp³-hybridized carbons (Fsp3) is 0.769. The first-order valence-electron chi connectivity index (χ1n) is 7.07. The molecule has 0 spiro atoms. The molecule has 0 fully saturated rings. The van der Waals surface area contributed by atoms with Gasteiger partial charge in [0.05, 0.1) is 5.75 Å². The summed E-state index contributed by atoms with van der Waals surface area (Å²) < 4.78 is 0. The molecule has 6 nitrogen and oxygen atoms in total. The molecule has 20 heavy (non-hydrogen) atoms. The molecule has 0 saturated heterocycles. The zero-order valence-electron chi connectivity index (χ0n) is 12.3. The summed E-state index contributed by atoms with van der Waals surface area (Å²) >= 11 is 1.36. The Balaban J connectivity index is 2.40. The number of aliphatic hydroxyl groups is 1. The van der Waals surface area contributed by atoms with E-state index in [4.69, 9.17) is 5.11 Å². The topological polar surface area (TPSA) is 82.1 Å². The Morgan fingerprint density at radius 2 is 2.10 bits per heavy atom. The van der Waals surface area contributed by atoms with E-state index in [9.17, 15) is 4.79 Å². The summed E-state index contributed by atoms with van der Waals surface area (Å²) in [6.07, 6.45) is 3.66. The van der Waals surface area contributed by atoms with Crippen LogP contribution < -0.4 is 0 Å². The molecule has 1 aromatic heterocycles. The largest absolute Gasteiger partial charge is 0.396 e. The van der Waals surface area contributed by atoms with Crippen LogP contribution in [0.2, 0.25) is 0 Å². The second kappa shape index (κ2) is 9.77. The lowest BCUT2D eigenvalue weighted by Crippen LogP contribution is -2.34. The standard InChI is InChI=1S/C13H24N4O2S/c1-3-4-7-17(8-5-6-9-18)12(19)10-20-13-14-11(2)15-16-13/h18H,3-10H2,1-2H3,(H,14,15,16). The zero-order chi connectivity index (χ0) is 14.8. The van der Waals surface area contributed by atoms with E-state index < -0.39 is 0 Å². The van der Waals surface area contributed by atoms with Gasteiger partial charge in [-0.15, -0.1) is 5.10 Å². The molecule has 114 valence electrons. The lowest BCUT2D eigenvalue weighted by Gasteiger charge is -2.22. The van der Waals surface area contributed by atoms with Crippen LogP contribution in [0.1, 0.15) is 38.4 Å². The van der Waals surface area contributed by atoms with Crippen LogP contribution in [0.4, 0.5) is 0 Å². The average Bonchev–Trinajstić information content (AvgIpc) is 2.86. The number of rotatable bonds is 10. The van der Waals surface area contributed by atoms with Crippen LogP contribution in [-0.4, -0.2) is 56.5 Å². The van der Waals surface area contributed by atoms with Crippen LogP contribution in [-0.2, 0) is 4.79 Å². The maximum atomic E-state index is 12.2. The molecule has 0 aliphatic rings. The Morgan fingerprint density at radius 3 is 2.70 bits per heavy atom. The second-order valence-electron chi connectivity index (χ2n) is 4.66. The van der Waals surface area contributed by atoms with Crippen LogP contribution in [0, 0.1) is 6.92 Å². The highest BCUT2D eigenvalue weighted by molar-refractivity contribution is 7.99. The molecule has 7 heteroatoms. The zero-order valence-corrected chi connectivity index (χ0v) is 13.1. The number of H-pyrrole nitrogens is 1. The summed E-state index contributed by atoms with van der Waals surface area (Å²) in [6.45, 7) is 5.63. The number of aliphatic hydroxyl groups excluding tert-OH is 1. The third kappa shape index (κ3) is 6.38. The van der Waals surface area contributed by atoms with Gasteiger partial charge in [-0.2, -0.15) is 0 Å². The van der Waals surface area contributed by atoms with E-state index in [0.29, 0.717) is 17.5 Å². The minimum atomic E-state index is 0.115. The molecule has 1 amide bonds. The van der Waals surface area contributed by atoms with Gasteiger partial charge in [0.15, 0.2) is 0 Å². The number of unbranched alkanes of at least 4 members (excludes halogenated alkanes) is 2. The van der Waals surface area contributed by atoms with Gasteiger partial charge in [-0.1, -0.05) is 25.1 Å². The summed E-state index contributed by atoms with van der Waals surface area (Å²) in [5.41, 5.74) is 0. The third-order valence-corrected chi connectivity index (χ3v) is 3.70. The van der Waals surface area contributed by atoms with E-state index in [-0.39, 0.29) is 12.5 Å². The molecule has 0 unspecified atom stereocenters. The van der Waals surface area contributed by atoms with Crippen LogP contribution in [0.5, 0.6) is 0 Å². The Kier molecular flexibility index (Phi) is 8.29. The van der Waals surface area contributed by atoms with Crippen molar-refractivity contribution in [2.75, 3.05) is 25.4 Å². The fourth-order valence-electron chi connectivity index (χ4n) is 1.73. The molecule has 2 N–H and O–H groups in total. The highest BCUT2D eigenvalue weighted by Gasteiger charge is 2.14. The van der Waals surface area contributed by atoms with E-state index in [1.165, 1.54) is 11.8 Å². The van der Waals surface area contributed by atoms with Crippen LogP contribution in [0.3, 0.4) is 0 Å². The van der Waals surface area contributed by atoms with E-state index >= 15 is 0 Å². The number of aromatic nitrogens is 3. The SMILES string of the molecule is CCCCN(CCCCO)C(=O)CSc1n[nH]c(C)n1. The maximum Gasteiger partial charge on any atom is 0.233 e.